The van der Waals surface area contributed by atoms with E-state index >= 15 is 0 Å². The van der Waals surface area contributed by atoms with Gasteiger partial charge in [0.05, 0.1) is 12.4 Å². The number of halogens is 1. The number of hydrogen-bond donors (Lipinski definition) is 1. The average molecular weight is 262 g/mol. The molecule has 1 aromatic rings. The molecule has 16 heavy (non-hydrogen) atoms. The van der Waals surface area contributed by atoms with Crippen LogP contribution in [0.3, 0.4) is 0 Å². The van der Waals surface area contributed by atoms with E-state index in [-0.39, 0.29) is 6.61 Å². The number of rotatable bonds is 6. The Labute approximate surface area is 103 Å². The Morgan fingerprint density at radius 2 is 2.38 bits per heavy atom. The summed E-state index contributed by atoms with van der Waals surface area (Å²) in [5.41, 5.74) is 0. The third-order valence-corrected chi connectivity index (χ3v) is 2.70. The van der Waals surface area contributed by atoms with Crippen LogP contribution in [0.25, 0.3) is 0 Å². The van der Waals surface area contributed by atoms with Gasteiger partial charge in [-0.15, -0.1) is 0 Å². The SMILES string of the molecule is CN(CCO)c1cc(Cl)nc(SCC=O)n1. The van der Waals surface area contributed by atoms with Gasteiger partial charge in [0.2, 0.25) is 0 Å². The van der Waals surface area contributed by atoms with E-state index < -0.39 is 0 Å². The standard InChI is InChI=1S/C9H12ClN3O2S/c1-13(2-3-14)8-6-7(10)11-9(12-8)16-5-4-15/h4,6,14H,2-3,5H2,1H3. The van der Waals surface area contributed by atoms with Crippen molar-refractivity contribution < 1.29 is 9.90 Å². The molecule has 0 unspecified atom stereocenters. The van der Waals surface area contributed by atoms with E-state index in [4.69, 9.17) is 16.7 Å². The first-order valence-electron chi connectivity index (χ1n) is 4.60. The molecule has 0 saturated heterocycles. The average Bonchev–Trinajstić information content (AvgIpc) is 2.26. The molecule has 0 aliphatic carbocycles. The molecule has 0 atom stereocenters. The monoisotopic (exact) mass is 261 g/mol. The van der Waals surface area contributed by atoms with Crippen molar-refractivity contribution >= 4 is 35.5 Å². The molecular formula is C9H12ClN3O2S. The predicted octanol–water partition coefficient (Wildman–Crippen LogP) is 0.849. The summed E-state index contributed by atoms with van der Waals surface area (Å²) >= 11 is 7.05. The van der Waals surface area contributed by atoms with Crippen LogP contribution in [-0.2, 0) is 4.79 Å². The number of anilines is 1. The van der Waals surface area contributed by atoms with E-state index in [0.717, 1.165) is 6.29 Å². The minimum atomic E-state index is 0.0366. The zero-order valence-electron chi connectivity index (χ0n) is 8.76. The van der Waals surface area contributed by atoms with E-state index in [0.29, 0.717) is 28.4 Å². The Morgan fingerprint density at radius 3 is 3.00 bits per heavy atom. The molecule has 0 fully saturated rings. The molecule has 0 spiro atoms. The Bertz CT molecular complexity index is 365. The molecule has 88 valence electrons. The summed E-state index contributed by atoms with van der Waals surface area (Å²) in [5.74, 6) is 0.922. The molecule has 7 heteroatoms. The second kappa shape index (κ2) is 6.67. The van der Waals surface area contributed by atoms with Crippen molar-refractivity contribution in [3.63, 3.8) is 0 Å². The summed E-state index contributed by atoms with van der Waals surface area (Å²) in [6.45, 7) is 0.500. The first kappa shape index (κ1) is 13.2. The minimum absolute atomic E-state index is 0.0366. The topological polar surface area (TPSA) is 66.3 Å². The van der Waals surface area contributed by atoms with Crippen molar-refractivity contribution in [2.24, 2.45) is 0 Å². The number of carbonyl (C=O) groups is 1. The molecule has 0 saturated carbocycles. The Kier molecular flexibility index (Phi) is 5.51. The molecule has 1 heterocycles. The van der Waals surface area contributed by atoms with Crippen LogP contribution in [0.5, 0.6) is 0 Å². The number of carbonyl (C=O) groups excluding carboxylic acids is 1. The minimum Gasteiger partial charge on any atom is -0.395 e. The molecule has 0 aromatic carbocycles. The van der Waals surface area contributed by atoms with Crippen LogP contribution >= 0.6 is 23.4 Å². The third-order valence-electron chi connectivity index (χ3n) is 1.77. The maximum absolute atomic E-state index is 10.2. The van der Waals surface area contributed by atoms with Gasteiger partial charge in [0.15, 0.2) is 5.16 Å². The van der Waals surface area contributed by atoms with Gasteiger partial charge in [-0.25, -0.2) is 9.97 Å². The lowest BCUT2D eigenvalue weighted by Crippen LogP contribution is -2.22. The van der Waals surface area contributed by atoms with Gasteiger partial charge in [-0.2, -0.15) is 0 Å². The first-order valence-corrected chi connectivity index (χ1v) is 5.96. The van der Waals surface area contributed by atoms with Crippen LogP contribution in [0.4, 0.5) is 5.82 Å². The fourth-order valence-electron chi connectivity index (χ4n) is 1.02. The Balaban J connectivity index is 2.84. The number of aromatic nitrogens is 2. The van der Waals surface area contributed by atoms with Gasteiger partial charge < -0.3 is 14.8 Å². The van der Waals surface area contributed by atoms with Gasteiger partial charge in [0, 0.05) is 19.7 Å². The summed E-state index contributed by atoms with van der Waals surface area (Å²) in [6, 6.07) is 1.61. The number of hydrogen-bond acceptors (Lipinski definition) is 6. The summed E-state index contributed by atoms with van der Waals surface area (Å²) in [6.07, 6.45) is 0.784. The van der Waals surface area contributed by atoms with E-state index in [1.54, 1.807) is 18.0 Å². The zero-order chi connectivity index (χ0) is 12.0. The fraction of sp³-hybridized carbons (Fsp3) is 0.444. The van der Waals surface area contributed by atoms with Crippen LogP contribution in [0.2, 0.25) is 5.15 Å². The largest absolute Gasteiger partial charge is 0.395 e. The smallest absolute Gasteiger partial charge is 0.191 e. The van der Waals surface area contributed by atoms with Crippen molar-refractivity contribution in [1.82, 2.24) is 9.97 Å². The van der Waals surface area contributed by atoms with Crippen LogP contribution in [0.15, 0.2) is 11.2 Å². The highest BCUT2D eigenvalue weighted by molar-refractivity contribution is 7.99. The number of aliphatic hydroxyl groups is 1. The predicted molar refractivity (Wildman–Crippen MR) is 64.2 cm³/mol. The molecular weight excluding hydrogens is 250 g/mol. The molecule has 0 aliphatic heterocycles. The normalized spacial score (nSPS) is 10.2. The molecule has 0 bridgehead atoms. The quantitative estimate of drug-likeness (QED) is 0.354. The fourth-order valence-corrected chi connectivity index (χ4v) is 1.78. The van der Waals surface area contributed by atoms with Gasteiger partial charge in [-0.3, -0.25) is 0 Å². The number of aldehydes is 1. The van der Waals surface area contributed by atoms with Crippen LogP contribution < -0.4 is 4.90 Å². The Morgan fingerprint density at radius 1 is 1.62 bits per heavy atom. The van der Waals surface area contributed by atoms with E-state index in [9.17, 15) is 4.79 Å². The van der Waals surface area contributed by atoms with E-state index in [1.165, 1.54) is 11.8 Å². The highest BCUT2D eigenvalue weighted by Gasteiger charge is 2.07. The van der Waals surface area contributed by atoms with Crippen LogP contribution in [-0.4, -0.2) is 47.3 Å². The van der Waals surface area contributed by atoms with Crippen molar-refractivity contribution in [1.29, 1.82) is 0 Å². The molecule has 0 radical (unpaired) electrons. The summed E-state index contributed by atoms with van der Waals surface area (Å²) in [4.78, 5) is 20.2. The number of thioether (sulfide) groups is 1. The molecule has 1 N–H and O–H groups in total. The molecule has 0 amide bonds. The van der Waals surface area contributed by atoms with Gasteiger partial charge in [-0.1, -0.05) is 23.4 Å². The number of likely N-dealkylation sites (N-methyl/N-ethyl adjacent to an activating group) is 1. The van der Waals surface area contributed by atoms with Gasteiger partial charge in [-0.05, 0) is 0 Å². The third kappa shape index (κ3) is 3.96. The summed E-state index contributed by atoms with van der Waals surface area (Å²) < 4.78 is 0. The lowest BCUT2D eigenvalue weighted by atomic mass is 10.5. The lowest BCUT2D eigenvalue weighted by Gasteiger charge is -2.17. The van der Waals surface area contributed by atoms with Gasteiger partial charge in [0.1, 0.15) is 17.3 Å². The van der Waals surface area contributed by atoms with Crippen molar-refractivity contribution in [3.8, 4) is 0 Å². The second-order valence-electron chi connectivity index (χ2n) is 2.95. The number of nitrogens with zero attached hydrogens (tertiary/aromatic N) is 3. The summed E-state index contributed by atoms with van der Waals surface area (Å²) in [7, 11) is 1.79. The van der Waals surface area contributed by atoms with Crippen LogP contribution in [0.1, 0.15) is 0 Å². The molecule has 0 aliphatic rings. The van der Waals surface area contributed by atoms with E-state index in [2.05, 4.69) is 9.97 Å². The maximum Gasteiger partial charge on any atom is 0.191 e. The van der Waals surface area contributed by atoms with E-state index in [1.807, 2.05) is 0 Å². The lowest BCUT2D eigenvalue weighted by molar-refractivity contribution is -0.105. The molecule has 1 aromatic heterocycles. The highest BCUT2D eigenvalue weighted by atomic mass is 35.5. The van der Waals surface area contributed by atoms with Gasteiger partial charge >= 0.3 is 0 Å². The van der Waals surface area contributed by atoms with Crippen molar-refractivity contribution in [2.45, 2.75) is 5.16 Å². The van der Waals surface area contributed by atoms with Gasteiger partial charge in [0.25, 0.3) is 0 Å². The first-order chi connectivity index (χ1) is 7.67. The highest BCUT2D eigenvalue weighted by Crippen LogP contribution is 2.20. The number of aliphatic hydroxyl groups excluding tert-OH is 1. The summed E-state index contributed by atoms with van der Waals surface area (Å²) in [5, 5.41) is 9.59. The van der Waals surface area contributed by atoms with Crippen LogP contribution in [0, 0.1) is 0 Å². The Hall–Kier alpha value is -0.850. The maximum atomic E-state index is 10.2. The second-order valence-corrected chi connectivity index (χ2v) is 4.33. The zero-order valence-corrected chi connectivity index (χ0v) is 10.3. The molecule has 1 rings (SSSR count). The molecule has 5 nitrogen and oxygen atoms in total. The van der Waals surface area contributed by atoms with Crippen molar-refractivity contribution in [3.05, 3.63) is 11.2 Å². The van der Waals surface area contributed by atoms with Crippen molar-refractivity contribution in [2.75, 3.05) is 30.9 Å².